The zero-order chi connectivity index (χ0) is 21.3. The molecule has 0 saturated heterocycles. The summed E-state index contributed by atoms with van der Waals surface area (Å²) in [6.07, 6.45) is 0.560. The molecule has 2 aromatic rings. The second kappa shape index (κ2) is 8.59. The Balaban J connectivity index is 1.91. The van der Waals surface area contributed by atoms with E-state index < -0.39 is 45.5 Å². The minimum Gasteiger partial charge on any atom is -0.598 e. The summed E-state index contributed by atoms with van der Waals surface area (Å²) in [5.41, 5.74) is 0.622. The SMILES string of the molecule is CC(C)(C)[S+]([O-])NC1CCSc2c(C(=O)Nc3ccc(F)c(F)c3)ccc(F)c21. The molecule has 0 saturated carbocycles. The molecule has 1 heterocycles. The van der Waals surface area contributed by atoms with E-state index in [-0.39, 0.29) is 11.3 Å². The van der Waals surface area contributed by atoms with E-state index in [0.717, 1.165) is 12.1 Å². The Labute approximate surface area is 175 Å². The minimum absolute atomic E-state index is 0.0938. The van der Waals surface area contributed by atoms with Gasteiger partial charge in [-0.25, -0.2) is 13.2 Å². The number of rotatable bonds is 4. The van der Waals surface area contributed by atoms with Crippen LogP contribution in [0.1, 0.15) is 49.2 Å². The summed E-state index contributed by atoms with van der Waals surface area (Å²) in [4.78, 5) is 13.2. The van der Waals surface area contributed by atoms with Crippen LogP contribution >= 0.6 is 11.8 Å². The summed E-state index contributed by atoms with van der Waals surface area (Å²) in [7, 11) is 0. The Morgan fingerprint density at radius 2 is 1.83 bits per heavy atom. The lowest BCUT2D eigenvalue weighted by Gasteiger charge is -2.31. The molecule has 1 amide bonds. The largest absolute Gasteiger partial charge is 0.598 e. The molecule has 29 heavy (non-hydrogen) atoms. The third-order valence-electron chi connectivity index (χ3n) is 4.37. The fourth-order valence-electron chi connectivity index (χ4n) is 2.85. The zero-order valence-corrected chi connectivity index (χ0v) is 17.8. The van der Waals surface area contributed by atoms with Crippen molar-refractivity contribution >= 4 is 34.7 Å². The molecule has 2 N–H and O–H groups in total. The van der Waals surface area contributed by atoms with Crippen LogP contribution in [0.25, 0.3) is 0 Å². The summed E-state index contributed by atoms with van der Waals surface area (Å²) in [6, 6.07) is 5.10. The predicted octanol–water partition coefficient (Wildman–Crippen LogP) is 4.94. The number of carbonyl (C=O) groups excluding carboxylic acids is 1. The molecule has 1 aliphatic rings. The molecule has 0 aromatic heterocycles. The number of anilines is 1. The van der Waals surface area contributed by atoms with Crippen LogP contribution in [0.2, 0.25) is 0 Å². The third-order valence-corrected chi connectivity index (χ3v) is 7.15. The van der Waals surface area contributed by atoms with Gasteiger partial charge in [-0.2, -0.15) is 0 Å². The summed E-state index contributed by atoms with van der Waals surface area (Å²) in [6.45, 7) is 5.45. The Kier molecular flexibility index (Phi) is 6.52. The normalized spacial score (nSPS) is 17.6. The number of fused-ring (bicyclic) bond motifs is 1. The van der Waals surface area contributed by atoms with Gasteiger partial charge in [0.25, 0.3) is 5.91 Å². The summed E-state index contributed by atoms with van der Waals surface area (Å²) < 4.78 is 56.1. The standard InChI is InChI=1S/C20H21F3N2O2S2/c1-20(2,3)29(27)25-16-8-9-28-18-12(5-7-14(22)17(16)18)19(26)24-11-4-6-13(21)15(23)10-11/h4-7,10,16,25H,8-9H2,1-3H3,(H,24,26). The van der Waals surface area contributed by atoms with Crippen LogP contribution in [0.5, 0.6) is 0 Å². The number of nitrogens with one attached hydrogen (secondary N) is 2. The first kappa shape index (κ1) is 22.0. The Morgan fingerprint density at radius 1 is 1.14 bits per heavy atom. The molecular formula is C20H21F3N2O2S2. The number of halogens is 3. The zero-order valence-electron chi connectivity index (χ0n) is 16.1. The van der Waals surface area contributed by atoms with E-state index in [9.17, 15) is 22.5 Å². The van der Waals surface area contributed by atoms with Crippen molar-refractivity contribution in [1.82, 2.24) is 4.72 Å². The van der Waals surface area contributed by atoms with E-state index in [1.54, 1.807) is 0 Å². The molecule has 2 atom stereocenters. The highest BCUT2D eigenvalue weighted by Gasteiger charge is 2.35. The van der Waals surface area contributed by atoms with Gasteiger partial charge in [-0.15, -0.1) is 16.5 Å². The van der Waals surface area contributed by atoms with Crippen molar-refractivity contribution in [2.45, 2.75) is 42.9 Å². The first-order valence-corrected chi connectivity index (χ1v) is 11.1. The van der Waals surface area contributed by atoms with Crippen LogP contribution in [-0.4, -0.2) is 21.0 Å². The fraction of sp³-hybridized carbons (Fsp3) is 0.350. The molecular weight excluding hydrogens is 421 g/mol. The first-order chi connectivity index (χ1) is 13.6. The van der Waals surface area contributed by atoms with Crippen molar-refractivity contribution in [3.05, 3.63) is 58.9 Å². The highest BCUT2D eigenvalue weighted by atomic mass is 32.2. The number of carbonyl (C=O) groups is 1. The van der Waals surface area contributed by atoms with Crippen LogP contribution in [0, 0.1) is 17.5 Å². The van der Waals surface area contributed by atoms with Crippen LogP contribution in [0.3, 0.4) is 0 Å². The second-order valence-electron chi connectivity index (χ2n) is 7.61. The fourth-order valence-corrected chi connectivity index (χ4v) is 4.97. The van der Waals surface area contributed by atoms with Gasteiger partial charge in [-0.05, 0) is 51.5 Å². The molecule has 0 radical (unpaired) electrons. The summed E-state index contributed by atoms with van der Waals surface area (Å²) in [5, 5.41) is 2.51. The molecule has 4 nitrogen and oxygen atoms in total. The lowest BCUT2D eigenvalue weighted by Crippen LogP contribution is -2.42. The Hall–Kier alpha value is -1.68. The van der Waals surface area contributed by atoms with Crippen molar-refractivity contribution < 1.29 is 22.5 Å². The molecule has 0 spiro atoms. The molecule has 156 valence electrons. The molecule has 3 rings (SSSR count). The van der Waals surface area contributed by atoms with Gasteiger partial charge in [0.1, 0.15) is 10.6 Å². The van der Waals surface area contributed by atoms with Gasteiger partial charge < -0.3 is 9.87 Å². The van der Waals surface area contributed by atoms with Crippen LogP contribution < -0.4 is 10.0 Å². The highest BCUT2D eigenvalue weighted by molar-refractivity contribution is 7.99. The monoisotopic (exact) mass is 442 g/mol. The molecule has 1 aliphatic heterocycles. The van der Waals surface area contributed by atoms with E-state index >= 15 is 0 Å². The maximum atomic E-state index is 14.7. The highest BCUT2D eigenvalue weighted by Crippen LogP contribution is 2.41. The lowest BCUT2D eigenvalue weighted by atomic mass is 10.0. The van der Waals surface area contributed by atoms with Crippen molar-refractivity contribution in [2.75, 3.05) is 11.1 Å². The van der Waals surface area contributed by atoms with Gasteiger partial charge >= 0.3 is 0 Å². The van der Waals surface area contributed by atoms with Crippen molar-refractivity contribution in [2.24, 2.45) is 0 Å². The smallest absolute Gasteiger partial charge is 0.256 e. The van der Waals surface area contributed by atoms with Gasteiger partial charge in [-0.3, -0.25) is 4.79 Å². The molecule has 9 heteroatoms. The van der Waals surface area contributed by atoms with Gasteiger partial charge in [-0.1, -0.05) is 0 Å². The van der Waals surface area contributed by atoms with Crippen molar-refractivity contribution in [3.8, 4) is 0 Å². The Morgan fingerprint density at radius 3 is 2.48 bits per heavy atom. The second-order valence-corrected chi connectivity index (χ2v) is 10.7. The van der Waals surface area contributed by atoms with E-state index in [1.807, 2.05) is 20.8 Å². The molecule has 2 aromatic carbocycles. The number of benzene rings is 2. The molecule has 0 aliphatic carbocycles. The minimum atomic E-state index is -1.41. The van der Waals surface area contributed by atoms with E-state index in [2.05, 4.69) is 10.0 Å². The van der Waals surface area contributed by atoms with E-state index in [1.165, 1.54) is 30.0 Å². The van der Waals surface area contributed by atoms with Gasteiger partial charge in [0.2, 0.25) is 0 Å². The van der Waals surface area contributed by atoms with Crippen LogP contribution in [-0.2, 0) is 11.4 Å². The average Bonchev–Trinajstić information content (AvgIpc) is 2.64. The van der Waals surface area contributed by atoms with E-state index in [0.29, 0.717) is 22.6 Å². The predicted molar refractivity (Wildman–Crippen MR) is 110 cm³/mol. The Bertz CT molecular complexity index is 935. The molecule has 0 fully saturated rings. The third kappa shape index (κ3) is 4.91. The van der Waals surface area contributed by atoms with Gasteiger partial charge in [0.05, 0.1) is 11.6 Å². The molecule has 2 unspecified atom stereocenters. The quantitative estimate of drug-likeness (QED) is 0.658. The topological polar surface area (TPSA) is 64.2 Å². The first-order valence-electron chi connectivity index (χ1n) is 8.97. The van der Waals surface area contributed by atoms with Crippen molar-refractivity contribution in [3.63, 3.8) is 0 Å². The molecule has 0 bridgehead atoms. The summed E-state index contributed by atoms with van der Waals surface area (Å²) >= 11 is -0.0694. The summed E-state index contributed by atoms with van der Waals surface area (Å²) in [5.74, 6) is -2.52. The maximum absolute atomic E-state index is 14.7. The van der Waals surface area contributed by atoms with Crippen molar-refractivity contribution in [1.29, 1.82) is 0 Å². The average molecular weight is 443 g/mol. The number of hydrogen-bond donors (Lipinski definition) is 2. The van der Waals surface area contributed by atoms with E-state index in [4.69, 9.17) is 0 Å². The lowest BCUT2D eigenvalue weighted by molar-refractivity contribution is 0.102. The van der Waals surface area contributed by atoms with Gasteiger partial charge in [0, 0.05) is 39.3 Å². The number of amides is 1. The number of thioether (sulfide) groups is 1. The van der Waals surface area contributed by atoms with Crippen LogP contribution in [0.4, 0.5) is 18.9 Å². The maximum Gasteiger partial charge on any atom is 0.256 e. The van der Waals surface area contributed by atoms with Gasteiger partial charge in [0.15, 0.2) is 11.6 Å². The number of hydrogen-bond acceptors (Lipinski definition) is 4. The van der Waals surface area contributed by atoms with Crippen LogP contribution in [0.15, 0.2) is 35.2 Å².